The molecule has 5 aliphatic heterocycles. The van der Waals surface area contributed by atoms with Crippen molar-refractivity contribution < 1.29 is 28.7 Å². The van der Waals surface area contributed by atoms with Gasteiger partial charge < -0.3 is 19.4 Å². The van der Waals surface area contributed by atoms with Crippen molar-refractivity contribution in [1.82, 2.24) is 24.9 Å². The van der Waals surface area contributed by atoms with E-state index in [1.165, 1.54) is 5.56 Å². The minimum atomic E-state index is -0.929. The molecule has 0 spiro atoms. The van der Waals surface area contributed by atoms with Crippen LogP contribution in [0.25, 0.3) is 0 Å². The molecular weight excluding hydrogens is 780 g/mol. The Hall–Kier alpha value is -4.99. The van der Waals surface area contributed by atoms with Crippen molar-refractivity contribution in [3.8, 4) is 11.8 Å². The molecule has 2 unspecified atom stereocenters. The number of allylic oxidation sites excluding steroid dienone is 3. The van der Waals surface area contributed by atoms with E-state index in [0.717, 1.165) is 69.0 Å². The predicted molar refractivity (Wildman–Crippen MR) is 226 cm³/mol. The Bertz CT molecular complexity index is 2160. The second kappa shape index (κ2) is 16.5. The number of halogens is 1. The van der Waals surface area contributed by atoms with Gasteiger partial charge in [-0.1, -0.05) is 57.5 Å². The average molecular weight is 835 g/mol. The lowest BCUT2D eigenvalue weighted by molar-refractivity contribution is -0.150. The zero-order chi connectivity index (χ0) is 42.5. The number of nitriles is 1. The third-order valence-corrected chi connectivity index (χ3v) is 14.1. The van der Waals surface area contributed by atoms with Gasteiger partial charge >= 0.3 is 0 Å². The number of ether oxygens (including phenoxy) is 1. The van der Waals surface area contributed by atoms with E-state index < -0.39 is 23.8 Å². The van der Waals surface area contributed by atoms with Gasteiger partial charge in [-0.05, 0) is 92.9 Å². The van der Waals surface area contributed by atoms with E-state index in [-0.39, 0.29) is 47.5 Å². The summed E-state index contributed by atoms with van der Waals surface area (Å²) < 4.78 is 6.52. The standard InChI is InChI=1S/C47H55ClN6O6/c1-46(2)27-53(28-47(3,4)45(46)60-35-11-9-33(25-49)38(48)24-35)42(57)32-7-5-30(6-8-32)31-17-19-51(20-18-31)26-29-15-21-52(22-16-29)34-10-12-36-37(23-34)44(59)54(43(36)58)39-13-14-40(55)50-41(39)56/h5-12,24,29,31,37,39,45H,13-23,26-28H2,1-4H3,(H,50,55,56). The first-order chi connectivity index (χ1) is 28.6. The number of fused-ring (bicyclic) bond motifs is 1. The second-order valence-corrected chi connectivity index (χ2v) is 19.4. The molecule has 316 valence electrons. The lowest BCUT2D eigenvalue weighted by Gasteiger charge is -2.52. The number of amides is 5. The van der Waals surface area contributed by atoms with Crippen LogP contribution in [0.3, 0.4) is 0 Å². The van der Waals surface area contributed by atoms with Crippen LogP contribution in [0.2, 0.25) is 5.02 Å². The predicted octanol–water partition coefficient (Wildman–Crippen LogP) is 6.06. The molecule has 6 aliphatic rings. The monoisotopic (exact) mass is 834 g/mol. The smallest absolute Gasteiger partial charge is 0.257 e. The molecule has 5 heterocycles. The molecule has 5 saturated heterocycles. The maximum Gasteiger partial charge on any atom is 0.257 e. The minimum absolute atomic E-state index is 0.0305. The fourth-order valence-corrected chi connectivity index (χ4v) is 11.0. The summed E-state index contributed by atoms with van der Waals surface area (Å²) in [6, 6.07) is 14.6. The molecule has 0 aromatic heterocycles. The van der Waals surface area contributed by atoms with Gasteiger partial charge in [-0.15, -0.1) is 0 Å². The molecule has 0 saturated carbocycles. The highest BCUT2D eigenvalue weighted by Gasteiger charge is 2.51. The molecule has 1 aliphatic carbocycles. The van der Waals surface area contributed by atoms with Crippen LogP contribution in [0.4, 0.5) is 0 Å². The van der Waals surface area contributed by atoms with Crippen LogP contribution in [-0.2, 0) is 19.2 Å². The summed E-state index contributed by atoms with van der Waals surface area (Å²) in [5, 5.41) is 11.9. The van der Waals surface area contributed by atoms with Crippen LogP contribution in [0.5, 0.6) is 5.75 Å². The van der Waals surface area contributed by atoms with Gasteiger partial charge in [0, 0.05) is 79.3 Å². The summed E-state index contributed by atoms with van der Waals surface area (Å²) in [6.07, 6.45) is 8.58. The number of carbonyl (C=O) groups excluding carboxylic acids is 5. The van der Waals surface area contributed by atoms with Crippen LogP contribution in [0.15, 0.2) is 65.9 Å². The number of likely N-dealkylation sites (tertiary alicyclic amines) is 4. The second-order valence-electron chi connectivity index (χ2n) is 19.0. The quantitative estimate of drug-likeness (QED) is 0.314. The van der Waals surface area contributed by atoms with E-state index in [0.29, 0.717) is 58.8 Å². The van der Waals surface area contributed by atoms with E-state index in [1.54, 1.807) is 24.3 Å². The van der Waals surface area contributed by atoms with Crippen molar-refractivity contribution in [2.75, 3.05) is 45.8 Å². The Morgan fingerprint density at radius 3 is 2.22 bits per heavy atom. The number of imide groups is 2. The largest absolute Gasteiger partial charge is 0.489 e. The van der Waals surface area contributed by atoms with E-state index in [2.05, 4.69) is 61.0 Å². The Morgan fingerprint density at radius 1 is 0.900 bits per heavy atom. The molecule has 13 heteroatoms. The molecule has 60 heavy (non-hydrogen) atoms. The molecule has 8 rings (SSSR count). The van der Waals surface area contributed by atoms with Crippen LogP contribution in [-0.4, -0.2) is 107 Å². The van der Waals surface area contributed by atoms with Crippen molar-refractivity contribution in [3.63, 3.8) is 0 Å². The SMILES string of the molecule is CC1(C)CN(C(=O)c2ccc(C3CCN(CC4CCN(C5=CC=C6C(=O)N(C7CCC(=O)NC7=O)C(=O)C6C5)CC4)CC3)cc2)CC(C)(C)C1Oc1ccc(C#N)c(Cl)c1. The van der Waals surface area contributed by atoms with Crippen molar-refractivity contribution in [1.29, 1.82) is 5.26 Å². The number of hydrogen-bond acceptors (Lipinski definition) is 9. The highest BCUT2D eigenvalue weighted by atomic mass is 35.5. The van der Waals surface area contributed by atoms with Crippen LogP contribution < -0.4 is 10.1 Å². The summed E-state index contributed by atoms with van der Waals surface area (Å²) in [5.74, 6) is -0.581. The first kappa shape index (κ1) is 41.7. The fraction of sp³-hybridized carbons (Fsp3) is 0.532. The molecule has 0 bridgehead atoms. The number of carbonyl (C=O) groups is 5. The maximum absolute atomic E-state index is 13.9. The third kappa shape index (κ3) is 8.23. The molecular formula is C47H55ClN6O6. The molecule has 1 N–H and O–H groups in total. The fourth-order valence-electron chi connectivity index (χ4n) is 10.8. The lowest BCUT2D eigenvalue weighted by atomic mass is 9.68. The topological polar surface area (TPSA) is 143 Å². The molecule has 5 fully saturated rings. The number of nitrogens with zero attached hydrogens (tertiary/aromatic N) is 5. The van der Waals surface area contributed by atoms with Crippen molar-refractivity contribution in [3.05, 3.63) is 87.6 Å². The van der Waals surface area contributed by atoms with Gasteiger partial charge in [0.1, 0.15) is 24.0 Å². The van der Waals surface area contributed by atoms with Gasteiger partial charge in [0.05, 0.1) is 16.5 Å². The van der Waals surface area contributed by atoms with E-state index >= 15 is 0 Å². The summed E-state index contributed by atoms with van der Waals surface area (Å²) in [6.45, 7) is 14.6. The highest BCUT2D eigenvalue weighted by Crippen LogP contribution is 2.44. The van der Waals surface area contributed by atoms with E-state index in [4.69, 9.17) is 16.3 Å². The molecule has 0 radical (unpaired) electrons. The zero-order valence-electron chi connectivity index (χ0n) is 35.0. The normalized spacial score (nSPS) is 25.4. The molecule has 5 amide bonds. The molecule has 2 aromatic carbocycles. The Kier molecular flexibility index (Phi) is 11.5. The first-order valence-electron chi connectivity index (χ1n) is 21.5. The Morgan fingerprint density at radius 2 is 1.58 bits per heavy atom. The maximum atomic E-state index is 13.9. The van der Waals surface area contributed by atoms with Gasteiger partial charge in [-0.2, -0.15) is 5.26 Å². The number of hydrogen-bond donors (Lipinski definition) is 1. The molecule has 2 aromatic rings. The average Bonchev–Trinajstić information content (AvgIpc) is 3.47. The van der Waals surface area contributed by atoms with Crippen molar-refractivity contribution >= 4 is 41.1 Å². The number of rotatable bonds is 8. The first-order valence-corrected chi connectivity index (χ1v) is 21.8. The third-order valence-electron chi connectivity index (χ3n) is 13.7. The number of benzene rings is 2. The summed E-state index contributed by atoms with van der Waals surface area (Å²) in [7, 11) is 0. The van der Waals surface area contributed by atoms with Crippen LogP contribution in [0.1, 0.15) is 100 Å². The van der Waals surface area contributed by atoms with Gasteiger partial charge in [0.15, 0.2) is 0 Å². The Labute approximate surface area is 357 Å². The zero-order valence-corrected chi connectivity index (χ0v) is 35.8. The van der Waals surface area contributed by atoms with E-state index in [1.807, 2.05) is 23.1 Å². The highest BCUT2D eigenvalue weighted by molar-refractivity contribution is 6.31. The number of nitrogens with one attached hydrogen (secondary N) is 1. The van der Waals surface area contributed by atoms with Gasteiger partial charge in [0.2, 0.25) is 17.7 Å². The van der Waals surface area contributed by atoms with Gasteiger partial charge in [-0.3, -0.25) is 34.2 Å². The number of piperidine rings is 4. The molecule has 12 nitrogen and oxygen atoms in total. The lowest BCUT2D eigenvalue weighted by Crippen LogP contribution is -2.61. The van der Waals surface area contributed by atoms with Crippen LogP contribution >= 0.6 is 11.6 Å². The summed E-state index contributed by atoms with van der Waals surface area (Å²) in [4.78, 5) is 72.6. The summed E-state index contributed by atoms with van der Waals surface area (Å²) >= 11 is 6.30. The Balaban J connectivity index is 0.788. The van der Waals surface area contributed by atoms with Crippen molar-refractivity contribution in [2.24, 2.45) is 22.7 Å². The van der Waals surface area contributed by atoms with Crippen molar-refractivity contribution in [2.45, 2.75) is 90.7 Å². The van der Waals surface area contributed by atoms with E-state index in [9.17, 15) is 29.2 Å². The summed E-state index contributed by atoms with van der Waals surface area (Å²) in [5.41, 5.74) is 3.21. The van der Waals surface area contributed by atoms with Gasteiger partial charge in [-0.25, -0.2) is 0 Å². The molecule has 2 atom stereocenters. The minimum Gasteiger partial charge on any atom is -0.489 e. The van der Waals surface area contributed by atoms with Crippen LogP contribution in [0, 0.1) is 34.0 Å². The van der Waals surface area contributed by atoms with Gasteiger partial charge in [0.25, 0.3) is 11.8 Å².